The molecule has 0 aromatic rings. The highest BCUT2D eigenvalue weighted by Gasteiger charge is 2.34. The summed E-state index contributed by atoms with van der Waals surface area (Å²) in [6.45, 7) is 1.12. The second-order valence-corrected chi connectivity index (χ2v) is 6.69. The summed E-state index contributed by atoms with van der Waals surface area (Å²) < 4.78 is 31.1. The number of carbonyl (C=O) groups is 1. The van der Waals surface area contributed by atoms with Gasteiger partial charge in [0.25, 0.3) is 0 Å². The first-order valence-corrected chi connectivity index (χ1v) is 7.81. The largest absolute Gasteiger partial charge is 0.377 e. The molecule has 0 amide bonds. The first-order valence-electron chi connectivity index (χ1n) is 6.20. The number of sulfonamides is 1. The van der Waals surface area contributed by atoms with Crippen LogP contribution in [-0.2, 0) is 19.6 Å². The van der Waals surface area contributed by atoms with Gasteiger partial charge >= 0.3 is 0 Å². The van der Waals surface area contributed by atoms with E-state index in [2.05, 4.69) is 0 Å². The van der Waals surface area contributed by atoms with E-state index in [1.807, 2.05) is 0 Å². The van der Waals surface area contributed by atoms with Crippen LogP contribution in [0.15, 0.2) is 0 Å². The van der Waals surface area contributed by atoms with Crippen molar-refractivity contribution < 1.29 is 17.9 Å². The third-order valence-corrected chi connectivity index (χ3v) is 5.39. The highest BCUT2D eigenvalue weighted by atomic mass is 32.2. The van der Waals surface area contributed by atoms with Crippen molar-refractivity contribution in [3.05, 3.63) is 0 Å². The topological polar surface area (TPSA) is 63.7 Å². The minimum absolute atomic E-state index is 0.0251. The fourth-order valence-corrected chi connectivity index (χ4v) is 4.42. The van der Waals surface area contributed by atoms with Crippen LogP contribution in [0.1, 0.15) is 32.1 Å². The number of piperidine rings is 1. The number of aldehydes is 1. The highest BCUT2D eigenvalue weighted by Crippen LogP contribution is 2.22. The molecule has 2 aliphatic rings. The summed E-state index contributed by atoms with van der Waals surface area (Å²) in [6, 6.07) is -0.463. The van der Waals surface area contributed by atoms with Crippen LogP contribution in [0.5, 0.6) is 0 Å². The van der Waals surface area contributed by atoms with Crippen molar-refractivity contribution >= 4 is 16.3 Å². The van der Waals surface area contributed by atoms with Gasteiger partial charge in [-0.3, -0.25) is 0 Å². The van der Waals surface area contributed by atoms with Crippen molar-refractivity contribution in [1.29, 1.82) is 0 Å². The summed E-state index contributed by atoms with van der Waals surface area (Å²) in [7, 11) is -3.35. The van der Waals surface area contributed by atoms with Crippen LogP contribution in [-0.4, -0.2) is 50.1 Å². The van der Waals surface area contributed by atoms with Gasteiger partial charge in [-0.05, 0) is 25.7 Å². The molecule has 0 aromatic heterocycles. The standard InChI is InChI=1S/C11H19NO4S/c13-8-10-4-1-2-6-12(10)17(14,15)9-11-5-3-7-16-11/h8,10-11H,1-7,9H2. The van der Waals surface area contributed by atoms with E-state index >= 15 is 0 Å². The molecule has 2 heterocycles. The minimum atomic E-state index is -3.35. The zero-order valence-corrected chi connectivity index (χ0v) is 10.7. The predicted octanol–water partition coefficient (Wildman–Crippen LogP) is 0.549. The Morgan fingerprint density at radius 3 is 2.71 bits per heavy atom. The number of ether oxygens (including phenoxy) is 1. The number of nitrogens with zero attached hydrogens (tertiary/aromatic N) is 1. The molecular weight excluding hydrogens is 242 g/mol. The van der Waals surface area contributed by atoms with Gasteiger partial charge in [0.2, 0.25) is 10.0 Å². The van der Waals surface area contributed by atoms with Gasteiger partial charge in [-0.15, -0.1) is 0 Å². The zero-order valence-electron chi connectivity index (χ0n) is 9.88. The van der Waals surface area contributed by atoms with E-state index in [1.165, 1.54) is 4.31 Å². The molecule has 2 fully saturated rings. The molecule has 0 bridgehead atoms. The maximum absolute atomic E-state index is 12.2. The zero-order chi connectivity index (χ0) is 12.3. The second kappa shape index (κ2) is 5.46. The summed E-state index contributed by atoms with van der Waals surface area (Å²) in [6.07, 6.45) is 4.72. The van der Waals surface area contributed by atoms with Crippen LogP contribution < -0.4 is 0 Å². The van der Waals surface area contributed by atoms with Gasteiger partial charge < -0.3 is 9.53 Å². The van der Waals surface area contributed by atoms with Gasteiger partial charge in [-0.2, -0.15) is 4.31 Å². The Bertz CT molecular complexity index is 362. The van der Waals surface area contributed by atoms with E-state index in [4.69, 9.17) is 4.74 Å². The average Bonchev–Trinajstić information content (AvgIpc) is 2.81. The van der Waals surface area contributed by atoms with Crippen LogP contribution in [0.4, 0.5) is 0 Å². The molecule has 6 heteroatoms. The Morgan fingerprint density at radius 2 is 2.06 bits per heavy atom. The average molecular weight is 261 g/mol. The third kappa shape index (κ3) is 3.05. The molecule has 2 atom stereocenters. The van der Waals surface area contributed by atoms with E-state index in [9.17, 15) is 13.2 Å². The molecule has 17 heavy (non-hydrogen) atoms. The summed E-state index contributed by atoms with van der Waals surface area (Å²) in [5, 5.41) is 0. The maximum Gasteiger partial charge on any atom is 0.217 e. The van der Waals surface area contributed by atoms with Gasteiger partial charge in [0.1, 0.15) is 6.29 Å². The van der Waals surface area contributed by atoms with Crippen LogP contribution in [0.2, 0.25) is 0 Å². The Labute approximate surface area is 102 Å². The van der Waals surface area contributed by atoms with E-state index in [-0.39, 0.29) is 11.9 Å². The summed E-state index contributed by atoms with van der Waals surface area (Å²) in [4.78, 5) is 10.9. The van der Waals surface area contributed by atoms with E-state index < -0.39 is 16.1 Å². The third-order valence-electron chi connectivity index (χ3n) is 3.43. The van der Waals surface area contributed by atoms with Crippen LogP contribution in [0.25, 0.3) is 0 Å². The molecule has 98 valence electrons. The smallest absolute Gasteiger partial charge is 0.217 e. The number of hydrogen-bond acceptors (Lipinski definition) is 4. The highest BCUT2D eigenvalue weighted by molar-refractivity contribution is 7.89. The summed E-state index contributed by atoms with van der Waals surface area (Å²) in [5.41, 5.74) is 0. The molecule has 2 unspecified atom stereocenters. The first kappa shape index (κ1) is 13.0. The fraction of sp³-hybridized carbons (Fsp3) is 0.909. The van der Waals surface area contributed by atoms with E-state index in [0.29, 0.717) is 19.6 Å². The Hall–Kier alpha value is -0.460. The van der Waals surface area contributed by atoms with Crippen LogP contribution in [0, 0.1) is 0 Å². The van der Waals surface area contributed by atoms with Gasteiger partial charge in [0.15, 0.2) is 0 Å². The van der Waals surface area contributed by atoms with Crippen molar-refractivity contribution in [3.8, 4) is 0 Å². The first-order chi connectivity index (χ1) is 8.13. The molecule has 5 nitrogen and oxygen atoms in total. The normalized spacial score (nSPS) is 31.5. The van der Waals surface area contributed by atoms with Gasteiger partial charge in [0.05, 0.1) is 17.9 Å². The molecule has 0 saturated carbocycles. The van der Waals surface area contributed by atoms with E-state index in [1.54, 1.807) is 0 Å². The number of carbonyl (C=O) groups excluding carboxylic acids is 1. The number of hydrogen-bond donors (Lipinski definition) is 0. The van der Waals surface area contributed by atoms with Crippen molar-refractivity contribution in [3.63, 3.8) is 0 Å². The Balaban J connectivity index is 2.04. The maximum atomic E-state index is 12.2. The quantitative estimate of drug-likeness (QED) is 0.693. The van der Waals surface area contributed by atoms with Crippen LogP contribution >= 0.6 is 0 Å². The lowest BCUT2D eigenvalue weighted by Gasteiger charge is -2.31. The summed E-state index contributed by atoms with van der Waals surface area (Å²) in [5.74, 6) is 0.0251. The van der Waals surface area contributed by atoms with Crippen molar-refractivity contribution in [2.45, 2.75) is 44.2 Å². The molecular formula is C11H19NO4S. The number of rotatable bonds is 4. The predicted molar refractivity (Wildman–Crippen MR) is 63.2 cm³/mol. The molecule has 0 spiro atoms. The lowest BCUT2D eigenvalue weighted by molar-refractivity contribution is -0.111. The van der Waals surface area contributed by atoms with Gasteiger partial charge in [-0.25, -0.2) is 8.42 Å². The molecule has 0 radical (unpaired) electrons. The lowest BCUT2D eigenvalue weighted by Crippen LogP contribution is -2.47. The molecule has 2 rings (SSSR count). The molecule has 0 aliphatic carbocycles. The van der Waals surface area contributed by atoms with Gasteiger partial charge in [-0.1, -0.05) is 6.42 Å². The fourth-order valence-electron chi connectivity index (χ4n) is 2.52. The van der Waals surface area contributed by atoms with Crippen molar-refractivity contribution in [2.24, 2.45) is 0 Å². The van der Waals surface area contributed by atoms with Crippen molar-refractivity contribution in [1.82, 2.24) is 4.31 Å². The minimum Gasteiger partial charge on any atom is -0.377 e. The van der Waals surface area contributed by atoms with Gasteiger partial charge in [0, 0.05) is 13.2 Å². The Morgan fingerprint density at radius 1 is 1.24 bits per heavy atom. The molecule has 2 saturated heterocycles. The SMILES string of the molecule is O=CC1CCCCN1S(=O)(=O)CC1CCCO1. The van der Waals surface area contributed by atoms with E-state index in [0.717, 1.165) is 32.0 Å². The van der Waals surface area contributed by atoms with Crippen LogP contribution in [0.3, 0.4) is 0 Å². The summed E-state index contributed by atoms with van der Waals surface area (Å²) >= 11 is 0. The molecule has 0 N–H and O–H groups in total. The second-order valence-electron chi connectivity index (χ2n) is 4.72. The molecule has 0 aromatic carbocycles. The molecule has 2 aliphatic heterocycles. The van der Waals surface area contributed by atoms with Crippen molar-refractivity contribution in [2.75, 3.05) is 18.9 Å². The monoisotopic (exact) mass is 261 g/mol. The Kier molecular flexibility index (Phi) is 4.17. The lowest BCUT2D eigenvalue weighted by atomic mass is 10.1.